The third-order valence-electron chi connectivity index (χ3n) is 10.4. The van der Waals surface area contributed by atoms with Crippen molar-refractivity contribution < 1.29 is 28.6 Å². The SMILES string of the molecule is CC/C=C\C/C=C\C/C=C\C/C=C\C/C=C\CCCCCC(=O)OCC(COC(=O)CCCC/C=C\C/C=C\C/C=C\CC)OC(=O)CCC/C=C\C/C=C\C/C=C\CCCCCCCC. The highest BCUT2D eigenvalue weighted by Gasteiger charge is 2.19. The zero-order valence-corrected chi connectivity index (χ0v) is 42.1. The molecule has 6 heteroatoms. The van der Waals surface area contributed by atoms with Crippen molar-refractivity contribution in [2.24, 2.45) is 0 Å². The molecule has 0 aromatic carbocycles. The normalized spacial score (nSPS) is 13.2. The molecule has 0 bridgehead atoms. The van der Waals surface area contributed by atoms with Crippen LogP contribution in [-0.4, -0.2) is 37.2 Å². The van der Waals surface area contributed by atoms with E-state index in [1.54, 1.807) is 0 Å². The highest BCUT2D eigenvalue weighted by molar-refractivity contribution is 5.71. The fraction of sp³-hybridized carbons (Fsp3) is 0.583. The molecular weight excluding hydrogens is 817 g/mol. The summed E-state index contributed by atoms with van der Waals surface area (Å²) in [6.07, 6.45) is 74.5. The van der Waals surface area contributed by atoms with Crippen LogP contribution in [0.25, 0.3) is 0 Å². The molecule has 370 valence electrons. The first kappa shape index (κ1) is 61.5. The quantitative estimate of drug-likeness (QED) is 0.0262. The van der Waals surface area contributed by atoms with Crippen LogP contribution >= 0.6 is 0 Å². The van der Waals surface area contributed by atoms with Gasteiger partial charge in [0.2, 0.25) is 0 Å². The fourth-order valence-electron chi connectivity index (χ4n) is 6.50. The summed E-state index contributed by atoms with van der Waals surface area (Å²) in [6.45, 7) is 6.27. The van der Waals surface area contributed by atoms with Crippen molar-refractivity contribution in [3.63, 3.8) is 0 Å². The van der Waals surface area contributed by atoms with Gasteiger partial charge in [-0.2, -0.15) is 0 Å². The molecule has 0 heterocycles. The predicted octanol–water partition coefficient (Wildman–Crippen LogP) is 17.5. The van der Waals surface area contributed by atoms with Gasteiger partial charge >= 0.3 is 17.9 Å². The first-order chi connectivity index (χ1) is 32.5. The van der Waals surface area contributed by atoms with Crippen LogP contribution in [0.1, 0.15) is 207 Å². The lowest BCUT2D eigenvalue weighted by atomic mass is 10.1. The second kappa shape index (κ2) is 53.2. The minimum Gasteiger partial charge on any atom is -0.462 e. The number of esters is 3. The van der Waals surface area contributed by atoms with Gasteiger partial charge in [0.15, 0.2) is 6.10 Å². The Balaban J connectivity index is 4.58. The topological polar surface area (TPSA) is 78.9 Å². The van der Waals surface area contributed by atoms with Crippen molar-refractivity contribution >= 4 is 17.9 Å². The summed E-state index contributed by atoms with van der Waals surface area (Å²) in [7, 11) is 0. The van der Waals surface area contributed by atoms with E-state index < -0.39 is 6.10 Å². The van der Waals surface area contributed by atoms with E-state index >= 15 is 0 Å². The van der Waals surface area contributed by atoms with E-state index in [2.05, 4.69) is 154 Å². The molecule has 0 aliphatic carbocycles. The van der Waals surface area contributed by atoms with Gasteiger partial charge in [0.1, 0.15) is 13.2 Å². The number of hydrogen-bond donors (Lipinski definition) is 0. The Morgan fingerprint density at radius 2 is 0.606 bits per heavy atom. The minimum absolute atomic E-state index is 0.132. The highest BCUT2D eigenvalue weighted by atomic mass is 16.6. The lowest BCUT2D eigenvalue weighted by Gasteiger charge is -2.18. The van der Waals surface area contributed by atoms with E-state index in [9.17, 15) is 14.4 Å². The maximum atomic E-state index is 12.8. The van der Waals surface area contributed by atoms with Gasteiger partial charge in [-0.3, -0.25) is 14.4 Å². The monoisotopic (exact) mass is 911 g/mol. The van der Waals surface area contributed by atoms with E-state index in [1.165, 1.54) is 44.9 Å². The Morgan fingerprint density at radius 3 is 1.00 bits per heavy atom. The molecule has 66 heavy (non-hydrogen) atoms. The molecular formula is C60H94O6. The summed E-state index contributed by atoms with van der Waals surface area (Å²) in [5, 5.41) is 0. The van der Waals surface area contributed by atoms with Gasteiger partial charge in [-0.15, -0.1) is 0 Å². The molecule has 0 spiro atoms. The molecule has 0 aliphatic rings. The molecule has 0 aliphatic heterocycles. The van der Waals surface area contributed by atoms with Crippen LogP contribution in [0.3, 0.4) is 0 Å². The average molecular weight is 911 g/mol. The Labute approximate surface area is 405 Å². The standard InChI is InChI=1S/C60H94O6/c1-4-7-10-13-16-19-22-25-27-29-30-32-33-35-38-41-44-47-50-53-59(62)65-56-57(55-64-58(61)52-49-46-43-40-37-24-21-18-15-12-9-6-3)66-60(63)54-51-48-45-42-39-36-34-31-28-26-23-20-17-14-11-8-5-2/h7,9-10,12,16,18-19,21,25-28,30,32,34-38,40,42,45,57H,4-6,8,11,13-15,17,20,22-24,29,31,33,39,41,43-44,46-56H2,1-3H3/b10-7-,12-9-,19-16-,21-18-,27-25-,28-26-,32-30-,36-34-,38-35-,40-37-,45-42-. The van der Waals surface area contributed by atoms with Crippen LogP contribution in [-0.2, 0) is 28.6 Å². The molecule has 0 fully saturated rings. The highest BCUT2D eigenvalue weighted by Crippen LogP contribution is 2.11. The number of allylic oxidation sites excluding steroid dienone is 22. The second-order valence-electron chi connectivity index (χ2n) is 16.7. The molecule has 0 aromatic rings. The average Bonchev–Trinajstić information content (AvgIpc) is 3.31. The van der Waals surface area contributed by atoms with Crippen LogP contribution in [0.2, 0.25) is 0 Å². The molecule has 0 N–H and O–H groups in total. The Bertz CT molecular complexity index is 1460. The largest absolute Gasteiger partial charge is 0.462 e. The molecule has 0 amide bonds. The van der Waals surface area contributed by atoms with Gasteiger partial charge in [0.05, 0.1) is 0 Å². The van der Waals surface area contributed by atoms with E-state index in [1.807, 2.05) is 0 Å². The first-order valence-corrected chi connectivity index (χ1v) is 26.2. The number of unbranched alkanes of at least 4 members (excludes halogenated alkanes) is 12. The summed E-state index contributed by atoms with van der Waals surface area (Å²) in [5.74, 6) is -1.06. The molecule has 0 radical (unpaired) electrons. The van der Waals surface area contributed by atoms with Gasteiger partial charge in [0.25, 0.3) is 0 Å². The number of hydrogen-bond acceptors (Lipinski definition) is 6. The second-order valence-corrected chi connectivity index (χ2v) is 16.7. The Hall–Kier alpha value is -4.45. The Morgan fingerprint density at radius 1 is 0.318 bits per heavy atom. The molecule has 0 rings (SSSR count). The maximum absolute atomic E-state index is 12.8. The van der Waals surface area contributed by atoms with Crippen LogP contribution in [0.4, 0.5) is 0 Å². The van der Waals surface area contributed by atoms with Gasteiger partial charge in [-0.25, -0.2) is 0 Å². The summed E-state index contributed by atoms with van der Waals surface area (Å²) in [5.41, 5.74) is 0. The molecule has 6 nitrogen and oxygen atoms in total. The van der Waals surface area contributed by atoms with Crippen LogP contribution in [0.15, 0.2) is 134 Å². The van der Waals surface area contributed by atoms with Crippen LogP contribution in [0.5, 0.6) is 0 Å². The van der Waals surface area contributed by atoms with Crippen LogP contribution < -0.4 is 0 Å². The minimum atomic E-state index is -0.838. The van der Waals surface area contributed by atoms with Crippen molar-refractivity contribution in [1.29, 1.82) is 0 Å². The van der Waals surface area contributed by atoms with E-state index in [0.717, 1.165) is 109 Å². The number of rotatable bonds is 45. The summed E-state index contributed by atoms with van der Waals surface area (Å²) in [6, 6.07) is 0. The van der Waals surface area contributed by atoms with Crippen molar-refractivity contribution in [1.82, 2.24) is 0 Å². The lowest BCUT2D eigenvalue weighted by Crippen LogP contribution is -2.30. The summed E-state index contributed by atoms with van der Waals surface area (Å²) < 4.78 is 16.7. The smallest absolute Gasteiger partial charge is 0.306 e. The third kappa shape index (κ3) is 50.5. The van der Waals surface area contributed by atoms with Crippen molar-refractivity contribution in [3.8, 4) is 0 Å². The molecule has 0 saturated heterocycles. The maximum Gasteiger partial charge on any atom is 0.306 e. The fourth-order valence-corrected chi connectivity index (χ4v) is 6.50. The van der Waals surface area contributed by atoms with Crippen molar-refractivity contribution in [2.75, 3.05) is 13.2 Å². The van der Waals surface area contributed by atoms with E-state index in [0.29, 0.717) is 19.3 Å². The molecule has 1 unspecified atom stereocenters. The zero-order valence-electron chi connectivity index (χ0n) is 42.1. The number of carbonyl (C=O) groups excluding carboxylic acids is 3. The molecule has 0 saturated carbocycles. The van der Waals surface area contributed by atoms with Gasteiger partial charge in [-0.1, -0.05) is 193 Å². The number of carbonyl (C=O) groups is 3. The van der Waals surface area contributed by atoms with Gasteiger partial charge < -0.3 is 14.2 Å². The summed E-state index contributed by atoms with van der Waals surface area (Å²) >= 11 is 0. The predicted molar refractivity (Wildman–Crippen MR) is 283 cm³/mol. The Kier molecular flexibility index (Phi) is 49.6. The van der Waals surface area contributed by atoms with Crippen molar-refractivity contribution in [3.05, 3.63) is 134 Å². The summed E-state index contributed by atoms with van der Waals surface area (Å²) in [4.78, 5) is 38.0. The number of ether oxygens (including phenoxy) is 3. The van der Waals surface area contributed by atoms with Crippen LogP contribution in [0, 0.1) is 0 Å². The third-order valence-corrected chi connectivity index (χ3v) is 10.4. The van der Waals surface area contributed by atoms with E-state index in [4.69, 9.17) is 14.2 Å². The molecule has 1 atom stereocenters. The lowest BCUT2D eigenvalue weighted by molar-refractivity contribution is -0.167. The first-order valence-electron chi connectivity index (χ1n) is 26.2. The van der Waals surface area contributed by atoms with Gasteiger partial charge in [0, 0.05) is 19.3 Å². The van der Waals surface area contributed by atoms with Gasteiger partial charge in [-0.05, 0) is 128 Å². The van der Waals surface area contributed by atoms with Crippen molar-refractivity contribution in [2.45, 2.75) is 213 Å². The zero-order chi connectivity index (χ0) is 47.9. The molecule has 0 aromatic heterocycles. The van der Waals surface area contributed by atoms with E-state index in [-0.39, 0.29) is 44.0 Å².